The number of carboxylic acid groups (broad SMARTS) is 1. The Morgan fingerprint density at radius 2 is 1.68 bits per heavy atom. The topological polar surface area (TPSA) is 55.8 Å². The molecule has 3 rings (SSSR count). The first-order valence-electron chi connectivity index (χ1n) is 7.67. The fraction of sp³-hybridized carbons (Fsp3) is 0.588. The highest BCUT2D eigenvalue weighted by atomic mass is 35.5. The normalized spacial score (nSPS) is 22.1. The van der Waals surface area contributed by atoms with E-state index in [2.05, 4.69) is 13.8 Å². The molecule has 2 aliphatic rings. The van der Waals surface area contributed by atoms with Crippen molar-refractivity contribution in [2.75, 3.05) is 13.2 Å². The van der Waals surface area contributed by atoms with Crippen molar-refractivity contribution < 1.29 is 19.4 Å². The second-order valence-electron chi connectivity index (χ2n) is 7.11. The van der Waals surface area contributed by atoms with E-state index in [1.807, 2.05) is 0 Å². The summed E-state index contributed by atoms with van der Waals surface area (Å²) in [6, 6.07) is 3.48. The van der Waals surface area contributed by atoms with Gasteiger partial charge in [0.25, 0.3) is 0 Å². The van der Waals surface area contributed by atoms with Crippen molar-refractivity contribution in [3.05, 3.63) is 22.7 Å². The van der Waals surface area contributed by atoms with Crippen LogP contribution >= 0.6 is 11.6 Å². The third-order valence-electron chi connectivity index (χ3n) is 4.65. The van der Waals surface area contributed by atoms with E-state index in [0.29, 0.717) is 48.1 Å². The Labute approximate surface area is 135 Å². The van der Waals surface area contributed by atoms with Gasteiger partial charge in [-0.15, -0.1) is 0 Å². The second kappa shape index (κ2) is 5.34. The van der Waals surface area contributed by atoms with Crippen molar-refractivity contribution in [3.63, 3.8) is 0 Å². The molecule has 0 saturated heterocycles. The maximum Gasteiger partial charge on any atom is 0.314 e. The van der Waals surface area contributed by atoms with Crippen LogP contribution in [0.5, 0.6) is 11.5 Å². The first-order valence-corrected chi connectivity index (χ1v) is 8.05. The molecule has 1 aliphatic heterocycles. The SMILES string of the molecule is CC1(C)COc2cc(Cl)c(C3(C(=O)O)CCCC3)cc2OC1. The van der Waals surface area contributed by atoms with Crippen molar-refractivity contribution in [1.29, 1.82) is 0 Å². The van der Waals surface area contributed by atoms with Crippen LogP contribution in [0.15, 0.2) is 12.1 Å². The number of benzene rings is 1. The highest BCUT2D eigenvalue weighted by molar-refractivity contribution is 6.32. The summed E-state index contributed by atoms with van der Waals surface area (Å²) in [5.41, 5.74) is -0.331. The lowest BCUT2D eigenvalue weighted by Crippen LogP contribution is -2.33. The van der Waals surface area contributed by atoms with Gasteiger partial charge in [-0.25, -0.2) is 0 Å². The van der Waals surface area contributed by atoms with E-state index >= 15 is 0 Å². The predicted octanol–water partition coefficient (Wildman–Crippen LogP) is 4.03. The molecular weight excluding hydrogens is 304 g/mol. The molecule has 4 nitrogen and oxygen atoms in total. The van der Waals surface area contributed by atoms with E-state index in [-0.39, 0.29) is 5.41 Å². The van der Waals surface area contributed by atoms with E-state index in [0.717, 1.165) is 12.8 Å². The molecule has 1 N–H and O–H groups in total. The molecule has 1 aliphatic carbocycles. The molecule has 0 radical (unpaired) electrons. The molecule has 1 saturated carbocycles. The minimum Gasteiger partial charge on any atom is -0.489 e. The number of carboxylic acids is 1. The number of halogens is 1. The van der Waals surface area contributed by atoms with E-state index in [9.17, 15) is 9.90 Å². The third-order valence-corrected chi connectivity index (χ3v) is 4.96. The molecule has 1 fully saturated rings. The summed E-state index contributed by atoms with van der Waals surface area (Å²) in [7, 11) is 0. The average Bonchev–Trinajstić information content (AvgIpc) is 2.89. The summed E-state index contributed by atoms with van der Waals surface area (Å²) in [4.78, 5) is 11.9. The zero-order valence-electron chi connectivity index (χ0n) is 12.9. The van der Waals surface area contributed by atoms with Crippen LogP contribution in [-0.4, -0.2) is 24.3 Å². The quantitative estimate of drug-likeness (QED) is 0.892. The third kappa shape index (κ3) is 2.54. The Kier molecular flexibility index (Phi) is 3.76. The molecule has 1 heterocycles. The first-order chi connectivity index (χ1) is 10.3. The molecular formula is C17H21ClO4. The number of hydrogen-bond donors (Lipinski definition) is 1. The number of rotatable bonds is 2. The largest absolute Gasteiger partial charge is 0.489 e. The van der Waals surface area contributed by atoms with E-state index in [1.54, 1.807) is 12.1 Å². The maximum absolute atomic E-state index is 11.9. The van der Waals surface area contributed by atoms with Gasteiger partial charge in [0.15, 0.2) is 11.5 Å². The summed E-state index contributed by atoms with van der Waals surface area (Å²) in [5.74, 6) is 0.386. The molecule has 0 unspecified atom stereocenters. The Balaban J connectivity index is 2.05. The van der Waals surface area contributed by atoms with Crippen molar-refractivity contribution in [3.8, 4) is 11.5 Å². The molecule has 1 aromatic rings. The van der Waals surface area contributed by atoms with Gasteiger partial charge < -0.3 is 14.6 Å². The summed E-state index contributed by atoms with van der Waals surface area (Å²) >= 11 is 6.40. The van der Waals surface area contributed by atoms with E-state index < -0.39 is 11.4 Å². The molecule has 0 amide bonds. The van der Waals surface area contributed by atoms with Gasteiger partial charge >= 0.3 is 5.97 Å². The summed E-state index contributed by atoms with van der Waals surface area (Å²) in [6.07, 6.45) is 3.05. The molecule has 5 heteroatoms. The lowest BCUT2D eigenvalue weighted by atomic mass is 9.79. The van der Waals surface area contributed by atoms with Crippen molar-refractivity contribution in [2.24, 2.45) is 5.41 Å². The molecule has 0 atom stereocenters. The smallest absolute Gasteiger partial charge is 0.314 e. The molecule has 1 aromatic carbocycles. The van der Waals surface area contributed by atoms with E-state index in [1.165, 1.54) is 0 Å². The van der Waals surface area contributed by atoms with Gasteiger partial charge in [0.05, 0.1) is 18.6 Å². The highest BCUT2D eigenvalue weighted by Crippen LogP contribution is 2.48. The van der Waals surface area contributed by atoms with Crippen LogP contribution in [0.3, 0.4) is 0 Å². The van der Waals surface area contributed by atoms with Gasteiger partial charge in [-0.1, -0.05) is 38.3 Å². The number of fused-ring (bicyclic) bond motifs is 1. The zero-order valence-corrected chi connectivity index (χ0v) is 13.7. The van der Waals surface area contributed by atoms with Crippen LogP contribution in [0.4, 0.5) is 0 Å². The van der Waals surface area contributed by atoms with Gasteiger partial charge in [-0.3, -0.25) is 4.79 Å². The van der Waals surface area contributed by atoms with Gasteiger partial charge in [-0.05, 0) is 24.5 Å². The van der Waals surface area contributed by atoms with Crippen molar-refractivity contribution in [2.45, 2.75) is 44.9 Å². The molecule has 0 spiro atoms. The summed E-state index contributed by atoms with van der Waals surface area (Å²) in [6.45, 7) is 5.20. The molecule has 22 heavy (non-hydrogen) atoms. The molecule has 0 bridgehead atoms. The standard InChI is InChI=1S/C17H21ClO4/c1-16(2)9-21-13-7-11(12(18)8-14(13)22-10-16)17(15(19)20)5-3-4-6-17/h7-8H,3-6,9-10H2,1-2H3,(H,19,20). The minimum absolute atomic E-state index is 0.0937. The van der Waals surface area contributed by atoms with Crippen molar-refractivity contribution in [1.82, 2.24) is 0 Å². The Morgan fingerprint density at radius 3 is 2.23 bits per heavy atom. The van der Waals surface area contributed by atoms with Crippen LogP contribution in [0, 0.1) is 5.41 Å². The number of hydrogen-bond acceptors (Lipinski definition) is 3. The van der Waals surface area contributed by atoms with Crippen LogP contribution in [-0.2, 0) is 10.2 Å². The fourth-order valence-electron chi connectivity index (χ4n) is 3.29. The van der Waals surface area contributed by atoms with E-state index in [4.69, 9.17) is 21.1 Å². The van der Waals surface area contributed by atoms with Gasteiger partial charge in [0, 0.05) is 16.5 Å². The van der Waals surface area contributed by atoms with Gasteiger partial charge in [-0.2, -0.15) is 0 Å². The monoisotopic (exact) mass is 324 g/mol. The van der Waals surface area contributed by atoms with Crippen LogP contribution in [0.25, 0.3) is 0 Å². The average molecular weight is 325 g/mol. The number of ether oxygens (including phenoxy) is 2. The Bertz CT molecular complexity index is 603. The Hall–Kier alpha value is -1.42. The van der Waals surface area contributed by atoms with Crippen LogP contribution in [0.2, 0.25) is 5.02 Å². The maximum atomic E-state index is 11.9. The summed E-state index contributed by atoms with van der Waals surface area (Å²) in [5, 5.41) is 10.2. The highest BCUT2D eigenvalue weighted by Gasteiger charge is 2.45. The minimum atomic E-state index is -0.892. The summed E-state index contributed by atoms with van der Waals surface area (Å²) < 4.78 is 11.7. The molecule has 120 valence electrons. The zero-order chi connectivity index (χ0) is 16.0. The van der Waals surface area contributed by atoms with Crippen molar-refractivity contribution >= 4 is 17.6 Å². The van der Waals surface area contributed by atoms with Gasteiger partial charge in [0.1, 0.15) is 0 Å². The number of carbonyl (C=O) groups is 1. The Morgan fingerprint density at radius 1 is 1.14 bits per heavy atom. The van der Waals surface area contributed by atoms with Crippen LogP contribution in [0.1, 0.15) is 45.1 Å². The first kappa shape index (κ1) is 15.5. The van der Waals surface area contributed by atoms with Crippen LogP contribution < -0.4 is 9.47 Å². The number of aliphatic carboxylic acids is 1. The second-order valence-corrected chi connectivity index (χ2v) is 7.52. The lowest BCUT2D eigenvalue weighted by Gasteiger charge is -2.26. The van der Waals surface area contributed by atoms with Gasteiger partial charge in [0.2, 0.25) is 0 Å². The fourth-order valence-corrected chi connectivity index (χ4v) is 3.63. The lowest BCUT2D eigenvalue weighted by molar-refractivity contribution is -0.143. The molecule has 0 aromatic heterocycles. The predicted molar refractivity (Wildman–Crippen MR) is 84.0 cm³/mol.